The molecule has 0 amide bonds. The van der Waals surface area contributed by atoms with Gasteiger partial charge in [-0.15, -0.1) is 6.58 Å². The molecule has 1 aliphatic heterocycles. The lowest BCUT2D eigenvalue weighted by atomic mass is 10.6. The molecular formula is C9H12N2. The first kappa shape index (κ1) is 7.74. The molecule has 0 aromatic heterocycles. The van der Waals surface area contributed by atoms with Crippen LogP contribution in [-0.4, -0.2) is 23.0 Å². The topological polar surface area (TPSA) is 6.48 Å². The van der Waals surface area contributed by atoms with Gasteiger partial charge in [0, 0.05) is 25.0 Å². The van der Waals surface area contributed by atoms with E-state index < -0.39 is 0 Å². The van der Waals surface area contributed by atoms with E-state index in [9.17, 15) is 0 Å². The van der Waals surface area contributed by atoms with Gasteiger partial charge in [0.25, 0.3) is 0 Å². The van der Waals surface area contributed by atoms with Gasteiger partial charge in [-0.25, -0.2) is 0 Å². The van der Waals surface area contributed by atoms with Gasteiger partial charge in [-0.05, 0) is 6.92 Å². The fourth-order valence-corrected chi connectivity index (χ4v) is 0.965. The van der Waals surface area contributed by atoms with Gasteiger partial charge >= 0.3 is 0 Å². The van der Waals surface area contributed by atoms with Crippen molar-refractivity contribution in [3.05, 3.63) is 25.1 Å². The van der Waals surface area contributed by atoms with E-state index >= 15 is 0 Å². The Morgan fingerprint density at radius 3 is 3.09 bits per heavy atom. The van der Waals surface area contributed by atoms with Gasteiger partial charge in [-0.3, -0.25) is 4.90 Å². The van der Waals surface area contributed by atoms with E-state index in [-0.39, 0.29) is 0 Å². The number of hydrogen-bond acceptors (Lipinski definition) is 2. The molecule has 1 heterocycles. The van der Waals surface area contributed by atoms with E-state index in [0.29, 0.717) is 0 Å². The van der Waals surface area contributed by atoms with Crippen molar-refractivity contribution in [1.82, 2.24) is 9.80 Å². The van der Waals surface area contributed by atoms with Gasteiger partial charge in [0.1, 0.15) is 6.67 Å². The summed E-state index contributed by atoms with van der Waals surface area (Å²) >= 11 is 0. The minimum absolute atomic E-state index is 0.854. The molecule has 0 unspecified atom stereocenters. The van der Waals surface area contributed by atoms with E-state index in [1.165, 1.54) is 0 Å². The molecule has 11 heavy (non-hydrogen) atoms. The van der Waals surface area contributed by atoms with Crippen molar-refractivity contribution >= 4 is 0 Å². The highest BCUT2D eigenvalue weighted by Crippen LogP contribution is 2.03. The molecule has 2 heteroatoms. The summed E-state index contributed by atoms with van der Waals surface area (Å²) in [7, 11) is 0. The Bertz CT molecular complexity index is 219. The predicted molar refractivity (Wildman–Crippen MR) is 46.2 cm³/mol. The SMILES string of the molecule is C=CCN1C=CN(C#CC)C1. The summed E-state index contributed by atoms with van der Waals surface area (Å²) in [6.45, 7) is 7.24. The molecular weight excluding hydrogens is 136 g/mol. The average molecular weight is 148 g/mol. The highest BCUT2D eigenvalue weighted by Gasteiger charge is 2.06. The van der Waals surface area contributed by atoms with Crippen LogP contribution in [-0.2, 0) is 0 Å². The second-order valence-corrected chi connectivity index (χ2v) is 2.33. The first-order chi connectivity index (χ1) is 5.36. The Morgan fingerprint density at radius 1 is 1.64 bits per heavy atom. The molecule has 0 N–H and O–H groups in total. The summed E-state index contributed by atoms with van der Waals surface area (Å²) in [6.07, 6.45) is 5.87. The summed E-state index contributed by atoms with van der Waals surface area (Å²) in [5.74, 6) is 2.84. The van der Waals surface area contributed by atoms with Crippen LogP contribution in [0.15, 0.2) is 25.1 Å². The summed E-state index contributed by atoms with van der Waals surface area (Å²) in [5, 5.41) is 0. The van der Waals surface area contributed by atoms with Crippen LogP contribution in [0.25, 0.3) is 0 Å². The third-order valence-electron chi connectivity index (χ3n) is 1.41. The van der Waals surface area contributed by atoms with Crippen LogP contribution < -0.4 is 0 Å². The second-order valence-electron chi connectivity index (χ2n) is 2.33. The van der Waals surface area contributed by atoms with E-state index in [1.54, 1.807) is 0 Å². The zero-order chi connectivity index (χ0) is 8.10. The molecule has 0 spiro atoms. The summed E-state index contributed by atoms with van der Waals surface area (Å²) < 4.78 is 0. The van der Waals surface area contributed by atoms with Gasteiger partial charge in [0.15, 0.2) is 0 Å². The monoisotopic (exact) mass is 148 g/mol. The first-order valence-electron chi connectivity index (χ1n) is 3.59. The fourth-order valence-electron chi connectivity index (χ4n) is 0.965. The van der Waals surface area contributed by atoms with E-state index in [4.69, 9.17) is 0 Å². The zero-order valence-electron chi connectivity index (χ0n) is 6.75. The predicted octanol–water partition coefficient (Wildman–Crippen LogP) is 1.20. The van der Waals surface area contributed by atoms with Gasteiger partial charge in [-0.2, -0.15) is 0 Å². The van der Waals surface area contributed by atoms with Crippen LogP contribution in [0.1, 0.15) is 6.92 Å². The van der Waals surface area contributed by atoms with Crippen LogP contribution in [0.5, 0.6) is 0 Å². The molecule has 0 saturated heterocycles. The summed E-state index contributed by atoms with van der Waals surface area (Å²) in [4.78, 5) is 4.08. The van der Waals surface area contributed by atoms with Crippen molar-refractivity contribution in [3.63, 3.8) is 0 Å². The van der Waals surface area contributed by atoms with Crippen LogP contribution >= 0.6 is 0 Å². The standard InChI is InChI=1S/C9H12N2/c1-3-5-10-7-8-11(9-10)6-4-2/h3,7-8H,1,5,9H2,2H3. The highest BCUT2D eigenvalue weighted by molar-refractivity contribution is 5.05. The Kier molecular flexibility index (Phi) is 2.62. The lowest BCUT2D eigenvalue weighted by Crippen LogP contribution is -2.21. The third-order valence-corrected chi connectivity index (χ3v) is 1.41. The normalized spacial score (nSPS) is 14.6. The summed E-state index contributed by atoms with van der Waals surface area (Å²) in [6, 6.07) is 2.95. The quantitative estimate of drug-likeness (QED) is 0.429. The summed E-state index contributed by atoms with van der Waals surface area (Å²) in [5.41, 5.74) is 0. The van der Waals surface area contributed by atoms with E-state index in [2.05, 4.69) is 23.4 Å². The van der Waals surface area contributed by atoms with Gasteiger partial charge in [-0.1, -0.05) is 12.0 Å². The maximum atomic E-state index is 3.67. The molecule has 1 aliphatic rings. The van der Waals surface area contributed by atoms with Crippen molar-refractivity contribution in [2.75, 3.05) is 13.2 Å². The second kappa shape index (κ2) is 3.72. The molecule has 0 saturated carbocycles. The number of hydrogen-bond donors (Lipinski definition) is 0. The van der Waals surface area contributed by atoms with Crippen molar-refractivity contribution in [3.8, 4) is 12.0 Å². The smallest absolute Gasteiger partial charge is 0.102 e. The van der Waals surface area contributed by atoms with Gasteiger partial charge < -0.3 is 4.90 Å². The Hall–Kier alpha value is -1.36. The minimum atomic E-state index is 0.854. The molecule has 2 nitrogen and oxygen atoms in total. The van der Waals surface area contributed by atoms with Crippen molar-refractivity contribution in [2.24, 2.45) is 0 Å². The van der Waals surface area contributed by atoms with Gasteiger partial charge in [0.05, 0.1) is 0 Å². The zero-order valence-corrected chi connectivity index (χ0v) is 6.75. The molecule has 0 aromatic rings. The molecule has 0 aromatic carbocycles. The maximum Gasteiger partial charge on any atom is 0.102 e. The highest BCUT2D eigenvalue weighted by atomic mass is 15.3. The molecule has 0 aliphatic carbocycles. The van der Waals surface area contributed by atoms with Crippen LogP contribution in [0, 0.1) is 12.0 Å². The van der Waals surface area contributed by atoms with Crippen LogP contribution in [0.2, 0.25) is 0 Å². The molecule has 0 bridgehead atoms. The molecule has 1 rings (SSSR count). The Balaban J connectivity index is 2.40. The molecule has 0 radical (unpaired) electrons. The minimum Gasteiger partial charge on any atom is -0.354 e. The van der Waals surface area contributed by atoms with Crippen molar-refractivity contribution < 1.29 is 0 Å². The maximum absolute atomic E-state index is 3.67. The van der Waals surface area contributed by atoms with Gasteiger partial charge in [0.2, 0.25) is 0 Å². The lowest BCUT2D eigenvalue weighted by Gasteiger charge is -2.14. The Morgan fingerprint density at radius 2 is 2.45 bits per heavy atom. The van der Waals surface area contributed by atoms with Crippen molar-refractivity contribution in [2.45, 2.75) is 6.92 Å². The number of nitrogens with zero attached hydrogens (tertiary/aromatic N) is 2. The largest absolute Gasteiger partial charge is 0.354 e. The van der Waals surface area contributed by atoms with Crippen LogP contribution in [0.4, 0.5) is 0 Å². The van der Waals surface area contributed by atoms with Crippen molar-refractivity contribution in [1.29, 1.82) is 0 Å². The third kappa shape index (κ3) is 2.05. The first-order valence-corrected chi connectivity index (χ1v) is 3.59. The lowest BCUT2D eigenvalue weighted by molar-refractivity contribution is 0.350. The van der Waals surface area contributed by atoms with E-state index in [1.807, 2.05) is 30.3 Å². The Labute approximate surface area is 67.8 Å². The molecule has 0 atom stereocenters. The molecule has 58 valence electrons. The average Bonchev–Trinajstić information content (AvgIpc) is 2.38. The van der Waals surface area contributed by atoms with E-state index in [0.717, 1.165) is 13.2 Å². The number of rotatable bonds is 2. The fraction of sp³-hybridized carbons (Fsp3) is 0.333. The van der Waals surface area contributed by atoms with Crippen LogP contribution in [0.3, 0.4) is 0 Å². The molecule has 0 fully saturated rings.